The topological polar surface area (TPSA) is 93.2 Å². The van der Waals surface area contributed by atoms with Crippen molar-refractivity contribution in [1.29, 1.82) is 0 Å². The number of azide groups is 1. The molecular formula is C8H18N4O2. The van der Waals surface area contributed by atoms with E-state index in [2.05, 4.69) is 10.0 Å². The molecule has 0 spiro atoms. The van der Waals surface area contributed by atoms with Gasteiger partial charge in [0.05, 0.1) is 19.8 Å². The number of hydrogen-bond acceptors (Lipinski definition) is 4. The Morgan fingerprint density at radius 3 is 2.43 bits per heavy atom. The van der Waals surface area contributed by atoms with Crippen LogP contribution in [0.4, 0.5) is 0 Å². The van der Waals surface area contributed by atoms with Crippen LogP contribution >= 0.6 is 0 Å². The van der Waals surface area contributed by atoms with E-state index < -0.39 is 0 Å². The monoisotopic (exact) mass is 202 g/mol. The third kappa shape index (κ3) is 11.2. The van der Waals surface area contributed by atoms with Gasteiger partial charge in [-0.15, -0.1) is 0 Å². The molecule has 0 radical (unpaired) electrons. The quantitative estimate of drug-likeness (QED) is 0.248. The fraction of sp³-hybridized carbons (Fsp3) is 1.00. The van der Waals surface area contributed by atoms with Crippen LogP contribution in [0.2, 0.25) is 0 Å². The van der Waals surface area contributed by atoms with Gasteiger partial charge in [-0.25, -0.2) is 0 Å². The average molecular weight is 202 g/mol. The molecule has 82 valence electrons. The summed E-state index contributed by atoms with van der Waals surface area (Å²) >= 11 is 0. The van der Waals surface area contributed by atoms with Crippen molar-refractivity contribution in [1.82, 2.24) is 0 Å². The Bertz CT molecular complexity index is 159. The summed E-state index contributed by atoms with van der Waals surface area (Å²) < 4.78 is 10.4. The van der Waals surface area contributed by atoms with Crippen molar-refractivity contribution in [2.45, 2.75) is 12.8 Å². The lowest BCUT2D eigenvalue weighted by molar-refractivity contribution is 0.0495. The van der Waals surface area contributed by atoms with E-state index in [0.29, 0.717) is 39.5 Å². The van der Waals surface area contributed by atoms with Crippen molar-refractivity contribution < 1.29 is 9.47 Å². The van der Waals surface area contributed by atoms with Crippen molar-refractivity contribution in [3.05, 3.63) is 10.4 Å². The molecule has 0 aromatic carbocycles. The summed E-state index contributed by atoms with van der Waals surface area (Å²) in [5.41, 5.74) is 13.2. The first-order chi connectivity index (χ1) is 6.91. The van der Waals surface area contributed by atoms with Crippen LogP contribution in [0.25, 0.3) is 10.4 Å². The van der Waals surface area contributed by atoms with E-state index in [4.69, 9.17) is 20.7 Å². The SMILES string of the molecule is [N-]=[N+]=NCCCCOCCOCCN. The van der Waals surface area contributed by atoms with E-state index in [1.54, 1.807) is 0 Å². The highest BCUT2D eigenvalue weighted by Crippen LogP contribution is 1.91. The zero-order valence-electron chi connectivity index (χ0n) is 8.39. The molecule has 0 unspecified atom stereocenters. The van der Waals surface area contributed by atoms with Gasteiger partial charge in [0.1, 0.15) is 0 Å². The minimum absolute atomic E-state index is 0.545. The van der Waals surface area contributed by atoms with E-state index in [0.717, 1.165) is 12.8 Å². The molecule has 6 heteroatoms. The lowest BCUT2D eigenvalue weighted by atomic mass is 10.3. The average Bonchev–Trinajstić information content (AvgIpc) is 2.21. The Morgan fingerprint density at radius 2 is 1.79 bits per heavy atom. The summed E-state index contributed by atoms with van der Waals surface area (Å²) in [6, 6.07) is 0. The largest absolute Gasteiger partial charge is 0.379 e. The fourth-order valence-corrected chi connectivity index (χ4v) is 0.837. The lowest BCUT2D eigenvalue weighted by Gasteiger charge is -2.03. The highest BCUT2D eigenvalue weighted by atomic mass is 16.5. The highest BCUT2D eigenvalue weighted by molar-refractivity contribution is 4.47. The molecule has 0 aliphatic heterocycles. The van der Waals surface area contributed by atoms with Crippen molar-refractivity contribution in [2.24, 2.45) is 10.8 Å². The zero-order valence-corrected chi connectivity index (χ0v) is 8.39. The molecule has 6 nitrogen and oxygen atoms in total. The van der Waals surface area contributed by atoms with Gasteiger partial charge in [0.15, 0.2) is 0 Å². The van der Waals surface area contributed by atoms with Crippen LogP contribution in [0, 0.1) is 0 Å². The fourth-order valence-electron chi connectivity index (χ4n) is 0.837. The molecule has 14 heavy (non-hydrogen) atoms. The molecule has 0 heterocycles. The van der Waals surface area contributed by atoms with Gasteiger partial charge in [-0.2, -0.15) is 0 Å². The number of nitrogens with zero attached hydrogens (tertiary/aromatic N) is 3. The Labute approximate surface area is 84.0 Å². The van der Waals surface area contributed by atoms with E-state index in [-0.39, 0.29) is 0 Å². The molecule has 0 saturated heterocycles. The second-order valence-electron chi connectivity index (χ2n) is 2.67. The van der Waals surface area contributed by atoms with Gasteiger partial charge in [0.2, 0.25) is 0 Å². The van der Waals surface area contributed by atoms with Crippen LogP contribution in [-0.4, -0.2) is 39.5 Å². The van der Waals surface area contributed by atoms with Gasteiger partial charge in [0, 0.05) is 24.6 Å². The number of ether oxygens (including phenoxy) is 2. The smallest absolute Gasteiger partial charge is 0.0701 e. The summed E-state index contributed by atoms with van der Waals surface area (Å²) in [6.45, 7) is 3.55. The second-order valence-corrected chi connectivity index (χ2v) is 2.67. The summed E-state index contributed by atoms with van der Waals surface area (Å²) in [7, 11) is 0. The third-order valence-corrected chi connectivity index (χ3v) is 1.49. The maximum atomic E-state index is 7.99. The van der Waals surface area contributed by atoms with E-state index >= 15 is 0 Å². The van der Waals surface area contributed by atoms with Gasteiger partial charge >= 0.3 is 0 Å². The highest BCUT2D eigenvalue weighted by Gasteiger charge is 1.89. The predicted octanol–water partition coefficient (Wildman–Crippen LogP) is 1.07. The normalized spacial score (nSPS) is 9.79. The summed E-state index contributed by atoms with van der Waals surface area (Å²) in [5, 5.41) is 3.42. The Kier molecular flexibility index (Phi) is 11.5. The van der Waals surface area contributed by atoms with E-state index in [1.165, 1.54) is 0 Å². The van der Waals surface area contributed by atoms with E-state index in [1.807, 2.05) is 0 Å². The standard InChI is InChI=1S/C8H18N4O2/c9-3-6-14-8-7-13-5-2-1-4-11-12-10/h1-9H2. The van der Waals surface area contributed by atoms with Crippen LogP contribution in [0.15, 0.2) is 5.11 Å². The van der Waals surface area contributed by atoms with Gasteiger partial charge < -0.3 is 15.2 Å². The molecule has 0 aliphatic carbocycles. The maximum absolute atomic E-state index is 7.99. The first kappa shape index (κ1) is 13.2. The molecule has 2 N–H and O–H groups in total. The summed E-state index contributed by atoms with van der Waals surface area (Å²) in [4.78, 5) is 2.66. The predicted molar refractivity (Wildman–Crippen MR) is 53.9 cm³/mol. The molecule has 0 bridgehead atoms. The van der Waals surface area contributed by atoms with Gasteiger partial charge in [0.25, 0.3) is 0 Å². The first-order valence-electron chi connectivity index (χ1n) is 4.78. The molecule has 0 aromatic rings. The molecule has 0 saturated carbocycles. The number of rotatable bonds is 10. The third-order valence-electron chi connectivity index (χ3n) is 1.49. The number of unbranched alkanes of at least 4 members (excludes halogenated alkanes) is 1. The van der Waals surface area contributed by atoms with E-state index in [9.17, 15) is 0 Å². The maximum Gasteiger partial charge on any atom is 0.0701 e. The van der Waals surface area contributed by atoms with Crippen molar-refractivity contribution in [3.63, 3.8) is 0 Å². The van der Waals surface area contributed by atoms with Gasteiger partial charge in [-0.3, -0.25) is 0 Å². The second kappa shape index (κ2) is 12.2. The van der Waals surface area contributed by atoms with Crippen molar-refractivity contribution >= 4 is 0 Å². The molecular weight excluding hydrogens is 184 g/mol. The van der Waals surface area contributed by atoms with Crippen LogP contribution in [0.1, 0.15) is 12.8 Å². The molecule has 0 aromatic heterocycles. The van der Waals surface area contributed by atoms with Crippen LogP contribution in [0.3, 0.4) is 0 Å². The molecule has 0 aliphatic rings. The Morgan fingerprint density at radius 1 is 1.07 bits per heavy atom. The lowest BCUT2D eigenvalue weighted by Crippen LogP contribution is -2.12. The molecule has 0 rings (SSSR count). The number of hydrogen-bond donors (Lipinski definition) is 1. The zero-order chi connectivity index (χ0) is 10.5. The minimum atomic E-state index is 0.545. The van der Waals surface area contributed by atoms with Gasteiger partial charge in [-0.1, -0.05) is 5.11 Å². The summed E-state index contributed by atoms with van der Waals surface area (Å²) in [6.07, 6.45) is 1.78. The molecule has 0 fully saturated rings. The molecule has 0 atom stereocenters. The van der Waals surface area contributed by atoms with Crippen LogP contribution < -0.4 is 5.73 Å². The van der Waals surface area contributed by atoms with Crippen molar-refractivity contribution in [2.75, 3.05) is 39.5 Å². The molecule has 0 amide bonds. The number of nitrogens with two attached hydrogens (primary N) is 1. The van der Waals surface area contributed by atoms with Crippen molar-refractivity contribution in [3.8, 4) is 0 Å². The first-order valence-corrected chi connectivity index (χ1v) is 4.78. The Hall–Kier alpha value is -0.810. The summed E-state index contributed by atoms with van der Waals surface area (Å²) in [5.74, 6) is 0. The van der Waals surface area contributed by atoms with Crippen LogP contribution in [-0.2, 0) is 9.47 Å². The van der Waals surface area contributed by atoms with Crippen LogP contribution in [0.5, 0.6) is 0 Å². The minimum Gasteiger partial charge on any atom is -0.379 e. The Balaban J connectivity index is 2.88. The van der Waals surface area contributed by atoms with Gasteiger partial charge in [-0.05, 0) is 18.4 Å².